The minimum Gasteiger partial charge on any atom is -0.393 e. The van der Waals surface area contributed by atoms with Crippen LogP contribution in [0.2, 0.25) is 0 Å². The summed E-state index contributed by atoms with van der Waals surface area (Å²) < 4.78 is 0. The molecule has 2 aromatic rings. The second-order valence-electron chi connectivity index (χ2n) is 9.17. The van der Waals surface area contributed by atoms with E-state index in [0.717, 1.165) is 54.9 Å². The van der Waals surface area contributed by atoms with Gasteiger partial charge in [0.05, 0.1) is 12.0 Å². The monoisotopic (exact) mass is 435 g/mol. The van der Waals surface area contributed by atoms with E-state index in [-0.39, 0.29) is 30.3 Å². The Morgan fingerprint density at radius 3 is 2.47 bits per heavy atom. The van der Waals surface area contributed by atoms with E-state index in [4.69, 9.17) is 0 Å². The van der Waals surface area contributed by atoms with Gasteiger partial charge < -0.3 is 15.3 Å². The molecule has 2 fully saturated rings. The van der Waals surface area contributed by atoms with Gasteiger partial charge in [-0.2, -0.15) is 0 Å². The molecule has 2 aliphatic heterocycles. The summed E-state index contributed by atoms with van der Waals surface area (Å²) in [6.07, 6.45) is 1.78. The molecule has 6 nitrogen and oxygen atoms in total. The van der Waals surface area contributed by atoms with Crippen molar-refractivity contribution in [2.75, 3.05) is 24.5 Å². The normalized spacial score (nSPS) is 20.0. The topological polar surface area (TPSA) is 72.9 Å². The van der Waals surface area contributed by atoms with E-state index in [2.05, 4.69) is 34.5 Å². The molecule has 0 saturated carbocycles. The highest BCUT2D eigenvalue weighted by Crippen LogP contribution is 2.29. The summed E-state index contributed by atoms with van der Waals surface area (Å²) in [5.41, 5.74) is 5.42. The predicted octanol–water partition coefficient (Wildman–Crippen LogP) is 2.93. The molecule has 2 heterocycles. The molecule has 1 atom stereocenters. The molecule has 6 heteroatoms. The number of anilines is 1. The Balaban J connectivity index is 1.28. The summed E-state index contributed by atoms with van der Waals surface area (Å²) in [5, 5.41) is 12.6. The third-order valence-corrected chi connectivity index (χ3v) is 6.82. The molecule has 0 spiro atoms. The van der Waals surface area contributed by atoms with Gasteiger partial charge in [0.1, 0.15) is 0 Å². The van der Waals surface area contributed by atoms with Gasteiger partial charge in [-0.05, 0) is 55.0 Å². The molecule has 2 N–H and O–H groups in total. The van der Waals surface area contributed by atoms with Crippen molar-refractivity contribution in [3.63, 3.8) is 0 Å². The van der Waals surface area contributed by atoms with Gasteiger partial charge in [0.2, 0.25) is 11.8 Å². The highest BCUT2D eigenvalue weighted by Gasteiger charge is 2.35. The van der Waals surface area contributed by atoms with Crippen LogP contribution in [0.25, 0.3) is 0 Å². The van der Waals surface area contributed by atoms with E-state index < -0.39 is 0 Å². The van der Waals surface area contributed by atoms with Crippen LogP contribution in [-0.2, 0) is 22.7 Å². The lowest BCUT2D eigenvalue weighted by Crippen LogP contribution is -2.35. The highest BCUT2D eigenvalue weighted by atomic mass is 16.3. The summed E-state index contributed by atoms with van der Waals surface area (Å²) in [6, 6.07) is 14.3. The van der Waals surface area contributed by atoms with Gasteiger partial charge in [-0.3, -0.25) is 14.5 Å². The number of aliphatic hydroxyl groups excluding tert-OH is 1. The second-order valence-corrected chi connectivity index (χ2v) is 9.17. The number of piperidine rings is 1. The van der Waals surface area contributed by atoms with E-state index >= 15 is 0 Å². The minimum absolute atomic E-state index is 0.00781. The van der Waals surface area contributed by atoms with Crippen LogP contribution in [0.3, 0.4) is 0 Å². The standard InChI is InChI=1S/C26H33N3O3/c1-18-4-3-5-24(19(18)2)29-17-22(14-25(29)31)26(32)27-15-20-6-8-21(9-7-20)16-28-12-10-23(30)11-13-28/h3-9,22-23,30H,10-17H2,1-2H3,(H,27,32). The van der Waals surface area contributed by atoms with Crippen LogP contribution in [0, 0.1) is 19.8 Å². The van der Waals surface area contributed by atoms with E-state index in [1.807, 2.05) is 32.0 Å². The summed E-state index contributed by atoms with van der Waals surface area (Å²) in [4.78, 5) is 29.4. The summed E-state index contributed by atoms with van der Waals surface area (Å²) in [5.74, 6) is -0.383. The number of rotatable bonds is 6. The third-order valence-electron chi connectivity index (χ3n) is 6.82. The molecule has 0 radical (unpaired) electrons. The van der Waals surface area contributed by atoms with Gasteiger partial charge in [-0.1, -0.05) is 36.4 Å². The fourth-order valence-corrected chi connectivity index (χ4v) is 4.58. The molecule has 2 aromatic carbocycles. The molecule has 4 rings (SSSR count). The number of hydrogen-bond acceptors (Lipinski definition) is 4. The number of nitrogens with one attached hydrogen (secondary N) is 1. The largest absolute Gasteiger partial charge is 0.393 e. The van der Waals surface area contributed by atoms with E-state index in [1.54, 1.807) is 4.90 Å². The molecule has 0 aromatic heterocycles. The maximum atomic E-state index is 12.7. The molecule has 2 amide bonds. The molecule has 2 aliphatic rings. The van der Waals surface area contributed by atoms with Gasteiger partial charge in [-0.25, -0.2) is 0 Å². The number of aliphatic hydroxyl groups is 1. The molecular formula is C26H33N3O3. The average Bonchev–Trinajstić information content (AvgIpc) is 3.18. The number of nitrogens with zero attached hydrogens (tertiary/aromatic N) is 2. The number of carbonyl (C=O) groups excluding carboxylic acids is 2. The zero-order chi connectivity index (χ0) is 22.7. The van der Waals surface area contributed by atoms with Crippen molar-refractivity contribution in [1.29, 1.82) is 0 Å². The summed E-state index contributed by atoms with van der Waals surface area (Å²) in [7, 11) is 0. The quantitative estimate of drug-likeness (QED) is 0.732. The molecule has 0 bridgehead atoms. The van der Waals surface area contributed by atoms with Crippen molar-refractivity contribution in [2.24, 2.45) is 5.92 Å². The van der Waals surface area contributed by atoms with Gasteiger partial charge in [0.25, 0.3) is 0 Å². The molecule has 32 heavy (non-hydrogen) atoms. The van der Waals surface area contributed by atoms with Crippen molar-refractivity contribution in [3.8, 4) is 0 Å². The zero-order valence-corrected chi connectivity index (χ0v) is 19.0. The first-order chi connectivity index (χ1) is 15.4. The van der Waals surface area contributed by atoms with Crippen molar-refractivity contribution in [1.82, 2.24) is 10.2 Å². The fourth-order valence-electron chi connectivity index (χ4n) is 4.58. The molecule has 1 unspecified atom stereocenters. The van der Waals surface area contributed by atoms with Gasteiger partial charge in [0.15, 0.2) is 0 Å². The van der Waals surface area contributed by atoms with Crippen LogP contribution in [0.4, 0.5) is 5.69 Å². The van der Waals surface area contributed by atoms with E-state index in [1.165, 1.54) is 5.56 Å². The van der Waals surface area contributed by atoms with Crippen LogP contribution in [0.5, 0.6) is 0 Å². The number of amides is 2. The van der Waals surface area contributed by atoms with Crippen molar-refractivity contribution in [2.45, 2.75) is 52.3 Å². The van der Waals surface area contributed by atoms with Gasteiger partial charge in [-0.15, -0.1) is 0 Å². The Bertz CT molecular complexity index is 965. The summed E-state index contributed by atoms with van der Waals surface area (Å²) in [6.45, 7) is 7.69. The first-order valence-electron chi connectivity index (χ1n) is 11.5. The molecular weight excluding hydrogens is 402 g/mol. The Hall–Kier alpha value is -2.70. The Morgan fingerprint density at radius 2 is 1.75 bits per heavy atom. The second kappa shape index (κ2) is 9.84. The van der Waals surface area contributed by atoms with E-state index in [9.17, 15) is 14.7 Å². The maximum absolute atomic E-state index is 12.7. The predicted molar refractivity (Wildman–Crippen MR) is 125 cm³/mol. The lowest BCUT2D eigenvalue weighted by Gasteiger charge is -2.29. The zero-order valence-electron chi connectivity index (χ0n) is 19.0. The average molecular weight is 436 g/mol. The number of benzene rings is 2. The number of carbonyl (C=O) groups is 2. The SMILES string of the molecule is Cc1cccc(N2CC(C(=O)NCc3ccc(CN4CCC(O)CC4)cc3)CC2=O)c1C. The Kier molecular flexibility index (Phi) is 6.92. The molecule has 2 saturated heterocycles. The van der Waals surface area contributed by atoms with Crippen molar-refractivity contribution in [3.05, 3.63) is 64.7 Å². The Labute approximate surface area is 190 Å². The van der Waals surface area contributed by atoms with Crippen LogP contribution < -0.4 is 10.2 Å². The van der Waals surface area contributed by atoms with Crippen molar-refractivity contribution >= 4 is 17.5 Å². The smallest absolute Gasteiger partial charge is 0.227 e. The lowest BCUT2D eigenvalue weighted by atomic mass is 10.1. The molecule has 170 valence electrons. The fraction of sp³-hybridized carbons (Fsp3) is 0.462. The first kappa shape index (κ1) is 22.5. The summed E-state index contributed by atoms with van der Waals surface area (Å²) >= 11 is 0. The first-order valence-corrected chi connectivity index (χ1v) is 11.5. The van der Waals surface area contributed by atoms with Gasteiger partial charge >= 0.3 is 0 Å². The van der Waals surface area contributed by atoms with E-state index in [0.29, 0.717) is 13.1 Å². The van der Waals surface area contributed by atoms with Crippen LogP contribution in [0.1, 0.15) is 41.5 Å². The lowest BCUT2D eigenvalue weighted by molar-refractivity contribution is -0.126. The van der Waals surface area contributed by atoms with Crippen LogP contribution >= 0.6 is 0 Å². The number of aryl methyl sites for hydroxylation is 1. The van der Waals surface area contributed by atoms with Gasteiger partial charge in [0, 0.05) is 44.8 Å². The Morgan fingerprint density at radius 1 is 1.06 bits per heavy atom. The number of hydrogen-bond donors (Lipinski definition) is 2. The van der Waals surface area contributed by atoms with Crippen LogP contribution in [-0.4, -0.2) is 47.6 Å². The van der Waals surface area contributed by atoms with Crippen molar-refractivity contribution < 1.29 is 14.7 Å². The minimum atomic E-state index is -0.323. The molecule has 0 aliphatic carbocycles. The highest BCUT2D eigenvalue weighted by molar-refractivity contribution is 6.00. The number of likely N-dealkylation sites (tertiary alicyclic amines) is 1. The van der Waals surface area contributed by atoms with Crippen LogP contribution in [0.15, 0.2) is 42.5 Å². The third kappa shape index (κ3) is 5.19. The maximum Gasteiger partial charge on any atom is 0.227 e.